The van der Waals surface area contributed by atoms with Gasteiger partial charge in [0.15, 0.2) is 0 Å². The van der Waals surface area contributed by atoms with E-state index in [1.165, 1.54) is 17.5 Å². The molecule has 1 aliphatic rings. The number of rotatable bonds is 2. The maximum absolute atomic E-state index is 12.4. The number of carbonyl (C=O) groups excluding carboxylic acids is 1. The van der Waals surface area contributed by atoms with Gasteiger partial charge in [-0.15, -0.1) is 0 Å². The van der Waals surface area contributed by atoms with Crippen LogP contribution in [0.25, 0.3) is 11.0 Å². The van der Waals surface area contributed by atoms with Gasteiger partial charge in [0.25, 0.3) is 5.91 Å². The fourth-order valence-corrected chi connectivity index (χ4v) is 2.62. The Hall–Kier alpha value is -2.73. The van der Waals surface area contributed by atoms with Crippen LogP contribution in [0.15, 0.2) is 36.8 Å². The molecular weight excluding hydrogens is 266 g/mol. The highest BCUT2D eigenvalue weighted by Crippen LogP contribution is 2.21. The zero-order valence-corrected chi connectivity index (χ0v) is 11.2. The zero-order chi connectivity index (χ0) is 14.2. The van der Waals surface area contributed by atoms with Gasteiger partial charge in [0, 0.05) is 25.0 Å². The van der Waals surface area contributed by atoms with Crippen molar-refractivity contribution in [3.05, 3.63) is 53.6 Å². The number of hydrogen-bond acceptors (Lipinski definition) is 4. The summed E-state index contributed by atoms with van der Waals surface area (Å²) in [6.45, 7) is 1.73. The number of hydrogen-bond donors (Lipinski definition) is 3. The Bertz CT molecular complexity index is 839. The average molecular weight is 279 g/mol. The highest BCUT2D eigenvalue weighted by molar-refractivity contribution is 6.10. The molecule has 0 fully saturated rings. The van der Waals surface area contributed by atoms with Gasteiger partial charge >= 0.3 is 0 Å². The minimum Gasteiger partial charge on any atom is -0.346 e. The zero-order valence-electron chi connectivity index (χ0n) is 11.2. The molecule has 0 radical (unpaired) electrons. The largest absolute Gasteiger partial charge is 0.346 e. The Morgan fingerprint density at radius 1 is 1.14 bits per heavy atom. The summed E-state index contributed by atoms with van der Waals surface area (Å²) in [6, 6.07) is 7.76. The van der Waals surface area contributed by atoms with Crippen molar-refractivity contribution in [2.75, 3.05) is 5.32 Å². The molecule has 0 saturated heterocycles. The first-order valence-corrected chi connectivity index (χ1v) is 6.73. The lowest BCUT2D eigenvalue weighted by molar-refractivity contribution is 0.102. The van der Waals surface area contributed by atoms with E-state index in [4.69, 9.17) is 0 Å². The molecule has 0 atom stereocenters. The standard InChI is InChI=1S/C15H13N5O/c21-15(13-12-3-4-17-14(12)19-8-18-13)20-11-2-1-9-6-16-7-10(9)5-11/h1-5,8,16H,6-7H2,(H,20,21)(H,17,18,19). The molecule has 3 aromatic rings. The van der Waals surface area contributed by atoms with Crippen LogP contribution in [0.5, 0.6) is 0 Å². The second kappa shape index (κ2) is 4.68. The Morgan fingerprint density at radius 3 is 3.00 bits per heavy atom. The molecule has 21 heavy (non-hydrogen) atoms. The fourth-order valence-electron chi connectivity index (χ4n) is 2.62. The van der Waals surface area contributed by atoms with Crippen LogP contribution < -0.4 is 10.6 Å². The van der Waals surface area contributed by atoms with Crippen molar-refractivity contribution in [1.82, 2.24) is 20.3 Å². The lowest BCUT2D eigenvalue weighted by Crippen LogP contribution is -2.14. The normalized spacial score (nSPS) is 13.3. The summed E-state index contributed by atoms with van der Waals surface area (Å²) in [7, 11) is 0. The second-order valence-electron chi connectivity index (χ2n) is 5.00. The van der Waals surface area contributed by atoms with Gasteiger partial charge in [0.05, 0.1) is 5.39 Å². The number of amides is 1. The summed E-state index contributed by atoms with van der Waals surface area (Å²) in [4.78, 5) is 23.5. The summed E-state index contributed by atoms with van der Waals surface area (Å²) in [5.74, 6) is -0.229. The third-order valence-corrected chi connectivity index (χ3v) is 3.66. The molecule has 104 valence electrons. The summed E-state index contributed by atoms with van der Waals surface area (Å²) < 4.78 is 0. The van der Waals surface area contributed by atoms with E-state index in [0.29, 0.717) is 11.3 Å². The average Bonchev–Trinajstić information content (AvgIpc) is 3.14. The van der Waals surface area contributed by atoms with E-state index in [1.54, 1.807) is 12.3 Å². The van der Waals surface area contributed by atoms with Crippen molar-refractivity contribution in [2.24, 2.45) is 0 Å². The number of carbonyl (C=O) groups is 1. The van der Waals surface area contributed by atoms with Crippen LogP contribution in [-0.4, -0.2) is 20.9 Å². The van der Waals surface area contributed by atoms with Gasteiger partial charge in [-0.3, -0.25) is 4.79 Å². The molecule has 6 heteroatoms. The van der Waals surface area contributed by atoms with Crippen molar-refractivity contribution >= 4 is 22.6 Å². The van der Waals surface area contributed by atoms with E-state index in [1.807, 2.05) is 18.2 Å². The van der Waals surface area contributed by atoms with E-state index in [0.717, 1.165) is 24.2 Å². The third-order valence-electron chi connectivity index (χ3n) is 3.66. The SMILES string of the molecule is O=C(Nc1ccc2c(c1)CNC2)c1ncnc2[nH]ccc12. The molecule has 1 aliphatic heterocycles. The predicted octanol–water partition coefficient (Wildman–Crippen LogP) is 1.81. The number of nitrogens with one attached hydrogen (secondary N) is 3. The van der Waals surface area contributed by atoms with Gasteiger partial charge in [-0.25, -0.2) is 9.97 Å². The first kappa shape index (κ1) is 12.0. The molecule has 1 amide bonds. The number of aromatic nitrogens is 3. The van der Waals surface area contributed by atoms with Gasteiger partial charge in [-0.05, 0) is 29.3 Å². The number of nitrogens with zero attached hydrogens (tertiary/aromatic N) is 2. The van der Waals surface area contributed by atoms with Crippen molar-refractivity contribution in [1.29, 1.82) is 0 Å². The molecule has 0 bridgehead atoms. The molecule has 0 saturated carbocycles. The van der Waals surface area contributed by atoms with Crippen LogP contribution in [-0.2, 0) is 13.1 Å². The molecule has 3 heterocycles. The van der Waals surface area contributed by atoms with E-state index >= 15 is 0 Å². The Labute approximate surface area is 120 Å². The fraction of sp³-hybridized carbons (Fsp3) is 0.133. The lowest BCUT2D eigenvalue weighted by atomic mass is 10.1. The summed E-state index contributed by atoms with van der Waals surface area (Å²) >= 11 is 0. The molecule has 0 unspecified atom stereocenters. The lowest BCUT2D eigenvalue weighted by Gasteiger charge is -2.07. The summed E-state index contributed by atoms with van der Waals surface area (Å²) in [5, 5.41) is 6.90. The number of benzene rings is 1. The van der Waals surface area contributed by atoms with Crippen molar-refractivity contribution in [3.63, 3.8) is 0 Å². The summed E-state index contributed by atoms with van der Waals surface area (Å²) in [5.41, 5.74) is 4.32. The maximum atomic E-state index is 12.4. The van der Waals surface area contributed by atoms with Crippen molar-refractivity contribution < 1.29 is 4.79 Å². The molecule has 1 aromatic carbocycles. The molecule has 4 rings (SSSR count). The topological polar surface area (TPSA) is 82.7 Å². The van der Waals surface area contributed by atoms with Crippen LogP contribution in [0.3, 0.4) is 0 Å². The molecule has 0 spiro atoms. The number of H-pyrrole nitrogens is 1. The summed E-state index contributed by atoms with van der Waals surface area (Å²) in [6.07, 6.45) is 3.14. The Morgan fingerprint density at radius 2 is 2.05 bits per heavy atom. The number of anilines is 1. The number of aromatic amines is 1. The van der Waals surface area contributed by atoms with E-state index in [9.17, 15) is 4.79 Å². The van der Waals surface area contributed by atoms with Gasteiger partial charge in [0.1, 0.15) is 17.7 Å². The molecule has 0 aliphatic carbocycles. The van der Waals surface area contributed by atoms with Gasteiger partial charge in [0.2, 0.25) is 0 Å². The predicted molar refractivity (Wildman–Crippen MR) is 78.8 cm³/mol. The highest BCUT2D eigenvalue weighted by Gasteiger charge is 2.15. The molecular formula is C15H13N5O. The minimum atomic E-state index is -0.229. The van der Waals surface area contributed by atoms with E-state index < -0.39 is 0 Å². The second-order valence-corrected chi connectivity index (χ2v) is 5.00. The van der Waals surface area contributed by atoms with Crippen LogP contribution in [0.1, 0.15) is 21.6 Å². The van der Waals surface area contributed by atoms with Crippen molar-refractivity contribution in [3.8, 4) is 0 Å². The van der Waals surface area contributed by atoms with Crippen LogP contribution >= 0.6 is 0 Å². The third kappa shape index (κ3) is 2.05. The van der Waals surface area contributed by atoms with Gasteiger partial charge in [-0.1, -0.05) is 6.07 Å². The quantitative estimate of drug-likeness (QED) is 0.668. The van der Waals surface area contributed by atoms with Gasteiger partial charge in [-0.2, -0.15) is 0 Å². The first-order chi connectivity index (χ1) is 10.3. The van der Waals surface area contributed by atoms with Crippen LogP contribution in [0.2, 0.25) is 0 Å². The number of fused-ring (bicyclic) bond motifs is 2. The Balaban J connectivity index is 1.65. The smallest absolute Gasteiger partial charge is 0.275 e. The molecule has 3 N–H and O–H groups in total. The van der Waals surface area contributed by atoms with E-state index in [2.05, 4.69) is 25.6 Å². The maximum Gasteiger partial charge on any atom is 0.275 e. The molecule has 2 aromatic heterocycles. The van der Waals surface area contributed by atoms with Crippen molar-refractivity contribution in [2.45, 2.75) is 13.1 Å². The van der Waals surface area contributed by atoms with E-state index in [-0.39, 0.29) is 5.91 Å². The highest BCUT2D eigenvalue weighted by atomic mass is 16.1. The van der Waals surface area contributed by atoms with Crippen LogP contribution in [0.4, 0.5) is 5.69 Å². The first-order valence-electron chi connectivity index (χ1n) is 6.73. The monoisotopic (exact) mass is 279 g/mol. The van der Waals surface area contributed by atoms with Gasteiger partial charge < -0.3 is 15.6 Å². The minimum absolute atomic E-state index is 0.229. The Kier molecular flexibility index (Phi) is 2.68. The van der Waals surface area contributed by atoms with Crippen LogP contribution in [0, 0.1) is 0 Å². The molecule has 6 nitrogen and oxygen atoms in total.